The lowest BCUT2D eigenvalue weighted by atomic mass is 10.0. The summed E-state index contributed by atoms with van der Waals surface area (Å²) in [5.74, 6) is -2.37. The number of rotatable bonds is 6. The minimum atomic E-state index is -0.906. The summed E-state index contributed by atoms with van der Waals surface area (Å²) in [5.41, 5.74) is 11.2. The van der Waals surface area contributed by atoms with Crippen LogP contribution in [0.3, 0.4) is 0 Å². The van der Waals surface area contributed by atoms with E-state index in [0.717, 1.165) is 6.07 Å². The molecule has 0 aliphatic carbocycles. The first-order chi connectivity index (χ1) is 15.4. The summed E-state index contributed by atoms with van der Waals surface area (Å²) >= 11 is 0. The number of primary amides is 1. The second-order valence-electron chi connectivity index (χ2n) is 7.58. The molecule has 0 spiro atoms. The molecule has 0 unspecified atom stereocenters. The van der Waals surface area contributed by atoms with E-state index in [-0.39, 0.29) is 40.8 Å². The number of aromatic nitrogens is 2. The van der Waals surface area contributed by atoms with Gasteiger partial charge in [-0.3, -0.25) is 4.79 Å². The molecule has 1 amide bonds. The molecule has 172 valence electrons. The molecule has 2 aliphatic rings. The molecule has 0 saturated carbocycles. The summed E-state index contributed by atoms with van der Waals surface area (Å²) < 4.78 is 40.5. The molecular weight excluding hydrogens is 424 g/mol. The molecule has 12 heteroatoms. The van der Waals surface area contributed by atoms with E-state index in [1.165, 1.54) is 12.3 Å². The topological polar surface area (TPSA) is 141 Å². The van der Waals surface area contributed by atoms with Crippen molar-refractivity contribution in [2.75, 3.05) is 55.1 Å². The summed E-state index contributed by atoms with van der Waals surface area (Å²) in [4.78, 5) is 22.0. The van der Waals surface area contributed by atoms with Crippen LogP contribution >= 0.6 is 0 Å². The number of carbonyl (C=O) groups excluding carboxylic acids is 1. The van der Waals surface area contributed by atoms with Crippen molar-refractivity contribution in [2.45, 2.75) is 18.5 Å². The number of hydrogen-bond acceptors (Lipinski definition) is 9. The minimum absolute atomic E-state index is 0.0248. The molecule has 2 atom stereocenters. The number of morpholine rings is 1. The lowest BCUT2D eigenvalue weighted by molar-refractivity contribution is 0.0751. The largest absolute Gasteiger partial charge is 0.380 e. The molecule has 2 aromatic rings. The number of hydrogen-bond donors (Lipinski definition) is 4. The first-order valence-corrected chi connectivity index (χ1v) is 10.3. The molecule has 6 N–H and O–H groups in total. The van der Waals surface area contributed by atoms with Gasteiger partial charge in [-0.1, -0.05) is 0 Å². The molecule has 32 heavy (non-hydrogen) atoms. The fourth-order valence-electron chi connectivity index (χ4n) is 3.64. The minimum Gasteiger partial charge on any atom is -0.380 e. The Morgan fingerprint density at radius 2 is 1.97 bits per heavy atom. The van der Waals surface area contributed by atoms with Gasteiger partial charge in [0.05, 0.1) is 31.1 Å². The Balaban J connectivity index is 1.64. The number of anilines is 4. The molecule has 0 aromatic carbocycles. The normalized spacial score (nSPS) is 21.3. The molecule has 4 rings (SSSR count). The number of amides is 1. The fraction of sp³-hybridized carbons (Fsp3) is 0.450. The van der Waals surface area contributed by atoms with Crippen LogP contribution in [0.25, 0.3) is 0 Å². The Hall–Kier alpha value is -3.09. The lowest BCUT2D eigenvalue weighted by Gasteiger charge is -2.30. The van der Waals surface area contributed by atoms with Crippen molar-refractivity contribution in [3.8, 4) is 0 Å². The molecule has 0 radical (unpaired) electrons. The molecule has 2 saturated heterocycles. The van der Waals surface area contributed by atoms with Crippen LogP contribution in [-0.4, -0.2) is 67.5 Å². The van der Waals surface area contributed by atoms with Crippen LogP contribution in [0, 0.1) is 11.6 Å². The van der Waals surface area contributed by atoms with Crippen LogP contribution in [-0.2, 0) is 9.47 Å². The Bertz CT molecular complexity index is 988. The van der Waals surface area contributed by atoms with Crippen LogP contribution in [0.1, 0.15) is 16.8 Å². The average molecular weight is 449 g/mol. The summed E-state index contributed by atoms with van der Waals surface area (Å²) in [6, 6.07) is 1.73. The quantitative estimate of drug-likeness (QED) is 0.507. The van der Waals surface area contributed by atoms with Crippen molar-refractivity contribution >= 4 is 29.0 Å². The zero-order chi connectivity index (χ0) is 22.7. The van der Waals surface area contributed by atoms with Crippen molar-refractivity contribution < 1.29 is 23.0 Å². The van der Waals surface area contributed by atoms with E-state index in [4.69, 9.17) is 20.9 Å². The molecule has 2 aromatic heterocycles. The first-order valence-electron chi connectivity index (χ1n) is 10.3. The number of nitrogens with zero attached hydrogens (tertiary/aromatic N) is 3. The molecule has 2 aliphatic heterocycles. The summed E-state index contributed by atoms with van der Waals surface area (Å²) in [6.07, 6.45) is 1.99. The predicted octanol–water partition coefficient (Wildman–Crippen LogP) is 0.962. The average Bonchev–Trinajstić information content (AvgIpc) is 2.79. The monoisotopic (exact) mass is 449 g/mol. The smallest absolute Gasteiger partial charge is 0.252 e. The number of nitrogens with one attached hydrogen (secondary N) is 2. The SMILES string of the molecule is NC(=O)c1cc(F)c(N[C@@H]2CCOC[C@@H]2N)nc1Nc1ccnc(N2CCOCC2)c1F. The van der Waals surface area contributed by atoms with Gasteiger partial charge in [0.25, 0.3) is 5.91 Å². The Morgan fingerprint density at radius 3 is 2.69 bits per heavy atom. The van der Waals surface area contributed by atoms with E-state index < -0.39 is 17.5 Å². The fourth-order valence-corrected chi connectivity index (χ4v) is 3.64. The number of nitrogens with two attached hydrogens (primary N) is 2. The Morgan fingerprint density at radius 1 is 1.19 bits per heavy atom. The highest BCUT2D eigenvalue weighted by Crippen LogP contribution is 2.29. The van der Waals surface area contributed by atoms with Gasteiger partial charge in [-0.25, -0.2) is 18.7 Å². The summed E-state index contributed by atoms with van der Waals surface area (Å²) in [7, 11) is 0. The molecule has 10 nitrogen and oxygen atoms in total. The maximum atomic E-state index is 15.2. The predicted molar refractivity (Wildman–Crippen MR) is 114 cm³/mol. The van der Waals surface area contributed by atoms with Crippen molar-refractivity contribution in [1.82, 2.24) is 9.97 Å². The van der Waals surface area contributed by atoms with Gasteiger partial charge < -0.3 is 36.5 Å². The second kappa shape index (κ2) is 9.59. The van der Waals surface area contributed by atoms with Crippen LogP contribution in [0.2, 0.25) is 0 Å². The van der Waals surface area contributed by atoms with Gasteiger partial charge in [-0.15, -0.1) is 0 Å². The third kappa shape index (κ3) is 4.71. The van der Waals surface area contributed by atoms with Crippen molar-refractivity contribution in [3.05, 3.63) is 35.5 Å². The maximum absolute atomic E-state index is 15.2. The van der Waals surface area contributed by atoms with Crippen molar-refractivity contribution in [3.63, 3.8) is 0 Å². The third-order valence-electron chi connectivity index (χ3n) is 5.40. The van der Waals surface area contributed by atoms with E-state index in [1.807, 2.05) is 0 Å². The zero-order valence-corrected chi connectivity index (χ0v) is 17.3. The van der Waals surface area contributed by atoms with Gasteiger partial charge in [-0.05, 0) is 18.6 Å². The van der Waals surface area contributed by atoms with Crippen LogP contribution in [0.4, 0.5) is 31.9 Å². The van der Waals surface area contributed by atoms with Crippen LogP contribution in [0.5, 0.6) is 0 Å². The van der Waals surface area contributed by atoms with Gasteiger partial charge >= 0.3 is 0 Å². The van der Waals surface area contributed by atoms with Crippen molar-refractivity contribution in [1.29, 1.82) is 0 Å². The summed E-state index contributed by atoms with van der Waals surface area (Å²) in [6.45, 7) is 2.73. The maximum Gasteiger partial charge on any atom is 0.252 e. The third-order valence-corrected chi connectivity index (χ3v) is 5.40. The number of pyridine rings is 2. The Kier molecular flexibility index (Phi) is 6.63. The van der Waals surface area contributed by atoms with Gasteiger partial charge in [0.1, 0.15) is 5.82 Å². The number of carbonyl (C=O) groups is 1. The highest BCUT2D eigenvalue weighted by Gasteiger charge is 2.26. The molecule has 0 bridgehead atoms. The Labute approximate surface area is 183 Å². The highest BCUT2D eigenvalue weighted by atomic mass is 19.1. The standard InChI is InChI=1S/C20H25F2N7O3/c21-12-9-11(17(24)30)18(28-19(12)26-14-2-6-32-10-13(14)23)27-15-1-3-25-20(16(15)22)29-4-7-31-8-5-29/h1,3,9,13-14H,2,4-8,10,23H2,(H2,24,30)(H2,25,26,27,28)/t13-,14+/m0/s1. The van der Waals surface area contributed by atoms with E-state index in [0.29, 0.717) is 45.9 Å². The van der Waals surface area contributed by atoms with Gasteiger partial charge in [0.2, 0.25) is 0 Å². The van der Waals surface area contributed by atoms with E-state index >= 15 is 4.39 Å². The van der Waals surface area contributed by atoms with Crippen LogP contribution in [0.15, 0.2) is 18.3 Å². The van der Waals surface area contributed by atoms with Gasteiger partial charge in [0.15, 0.2) is 23.3 Å². The van der Waals surface area contributed by atoms with E-state index in [1.54, 1.807) is 4.90 Å². The first kappa shape index (κ1) is 22.1. The molecule has 2 fully saturated rings. The number of ether oxygens (including phenoxy) is 2. The van der Waals surface area contributed by atoms with E-state index in [9.17, 15) is 9.18 Å². The summed E-state index contributed by atoms with van der Waals surface area (Å²) in [5, 5.41) is 5.73. The zero-order valence-electron chi connectivity index (χ0n) is 17.3. The van der Waals surface area contributed by atoms with Gasteiger partial charge in [0, 0.05) is 38.0 Å². The van der Waals surface area contributed by atoms with Crippen LogP contribution < -0.4 is 27.0 Å². The van der Waals surface area contributed by atoms with Crippen molar-refractivity contribution in [2.24, 2.45) is 11.5 Å². The van der Waals surface area contributed by atoms with E-state index in [2.05, 4.69) is 20.6 Å². The number of halogens is 2. The molecule has 4 heterocycles. The highest BCUT2D eigenvalue weighted by molar-refractivity contribution is 5.98. The van der Waals surface area contributed by atoms with Gasteiger partial charge in [-0.2, -0.15) is 0 Å². The second-order valence-corrected chi connectivity index (χ2v) is 7.58. The molecular formula is C20H25F2N7O3. The lowest BCUT2D eigenvalue weighted by Crippen LogP contribution is -2.47.